The molecule has 110 valence electrons. The summed E-state index contributed by atoms with van der Waals surface area (Å²) in [7, 11) is 3.87. The van der Waals surface area contributed by atoms with E-state index in [2.05, 4.69) is 15.1 Å². The second kappa shape index (κ2) is 5.27. The van der Waals surface area contributed by atoms with Crippen LogP contribution in [0, 0.1) is 0 Å². The van der Waals surface area contributed by atoms with Gasteiger partial charge in [0.25, 0.3) is 5.78 Å². The molecular weight excluding hydrogens is 266 g/mol. The number of carbonyl (C=O) groups is 1. The summed E-state index contributed by atoms with van der Waals surface area (Å²) in [6, 6.07) is 0. The van der Waals surface area contributed by atoms with Crippen molar-refractivity contribution in [3.63, 3.8) is 0 Å². The van der Waals surface area contributed by atoms with Crippen LogP contribution in [0.2, 0.25) is 0 Å². The summed E-state index contributed by atoms with van der Waals surface area (Å²) in [4.78, 5) is 22.5. The summed E-state index contributed by atoms with van der Waals surface area (Å²) < 4.78 is 1.68. The summed E-state index contributed by atoms with van der Waals surface area (Å²) in [6.07, 6.45) is 8.88. The molecule has 2 aromatic heterocycles. The number of aromatic nitrogens is 4. The van der Waals surface area contributed by atoms with Gasteiger partial charge < -0.3 is 4.90 Å². The molecule has 0 aliphatic heterocycles. The number of hydrogen-bond donors (Lipinski definition) is 0. The summed E-state index contributed by atoms with van der Waals surface area (Å²) in [5.41, 5.74) is 1.30. The maximum absolute atomic E-state index is 11.8. The molecule has 0 atom stereocenters. The fourth-order valence-electron chi connectivity index (χ4n) is 2.36. The molecule has 1 aliphatic rings. The summed E-state index contributed by atoms with van der Waals surface area (Å²) in [5, 5.41) is 4.58. The zero-order valence-corrected chi connectivity index (χ0v) is 12.6. The third kappa shape index (κ3) is 2.53. The van der Waals surface area contributed by atoms with E-state index in [1.54, 1.807) is 17.6 Å². The average molecular weight is 285 g/mol. The number of Topliss-reactive ketones (excluding diaryl/α,β-unsaturated/α-hetero) is 1. The number of nitrogens with zero attached hydrogens (tertiary/aromatic N) is 5. The summed E-state index contributed by atoms with van der Waals surface area (Å²) >= 11 is 0. The first kappa shape index (κ1) is 13.7. The molecule has 0 saturated heterocycles. The minimum atomic E-state index is -0.0245. The molecule has 3 rings (SSSR count). The summed E-state index contributed by atoms with van der Waals surface area (Å²) in [5.74, 6) is 1.82. The van der Waals surface area contributed by atoms with Crippen LogP contribution >= 0.6 is 0 Å². The van der Waals surface area contributed by atoms with Crippen LogP contribution in [0.25, 0.3) is 11.9 Å². The van der Waals surface area contributed by atoms with E-state index in [1.807, 2.05) is 31.3 Å². The van der Waals surface area contributed by atoms with Gasteiger partial charge in [0, 0.05) is 32.4 Å². The number of ketones is 1. The fourth-order valence-corrected chi connectivity index (χ4v) is 2.36. The van der Waals surface area contributed by atoms with E-state index in [0.29, 0.717) is 17.3 Å². The van der Waals surface area contributed by atoms with E-state index >= 15 is 0 Å². The maximum atomic E-state index is 11.8. The SMILES string of the molecule is CC(=O)c1cnc2nc(C3CCC3)nn2c1C=CN(C)C. The van der Waals surface area contributed by atoms with Gasteiger partial charge in [0.15, 0.2) is 11.6 Å². The van der Waals surface area contributed by atoms with Gasteiger partial charge in [-0.05, 0) is 25.8 Å². The van der Waals surface area contributed by atoms with Crippen molar-refractivity contribution < 1.29 is 4.79 Å². The molecule has 1 fully saturated rings. The zero-order chi connectivity index (χ0) is 15.0. The molecule has 6 nitrogen and oxygen atoms in total. The predicted octanol–water partition coefficient (Wildman–Crippen LogP) is 2.13. The average Bonchev–Trinajstić information content (AvgIpc) is 2.76. The third-order valence-corrected chi connectivity index (χ3v) is 3.80. The van der Waals surface area contributed by atoms with Gasteiger partial charge in [-0.15, -0.1) is 5.10 Å². The summed E-state index contributed by atoms with van der Waals surface area (Å²) in [6.45, 7) is 1.54. The second-order valence-corrected chi connectivity index (χ2v) is 5.70. The van der Waals surface area contributed by atoms with E-state index in [0.717, 1.165) is 24.4 Å². The Kier molecular flexibility index (Phi) is 3.45. The van der Waals surface area contributed by atoms with Crippen molar-refractivity contribution in [3.05, 3.63) is 29.5 Å². The third-order valence-electron chi connectivity index (χ3n) is 3.80. The van der Waals surface area contributed by atoms with Crippen LogP contribution in [0.15, 0.2) is 12.4 Å². The molecule has 0 N–H and O–H groups in total. The molecule has 1 aliphatic carbocycles. The quantitative estimate of drug-likeness (QED) is 0.805. The van der Waals surface area contributed by atoms with Crippen LogP contribution in [0.1, 0.15) is 54.0 Å². The molecule has 1 saturated carbocycles. The van der Waals surface area contributed by atoms with Crippen molar-refractivity contribution in [1.82, 2.24) is 24.5 Å². The lowest BCUT2D eigenvalue weighted by Crippen LogP contribution is -2.11. The molecule has 21 heavy (non-hydrogen) atoms. The maximum Gasteiger partial charge on any atom is 0.252 e. The molecular formula is C15H19N5O. The van der Waals surface area contributed by atoms with Crippen LogP contribution in [0.3, 0.4) is 0 Å². The van der Waals surface area contributed by atoms with E-state index in [1.165, 1.54) is 6.42 Å². The van der Waals surface area contributed by atoms with Crippen LogP contribution in [0.4, 0.5) is 0 Å². The topological polar surface area (TPSA) is 63.4 Å². The number of hydrogen-bond acceptors (Lipinski definition) is 5. The number of carbonyl (C=O) groups excluding carboxylic acids is 1. The predicted molar refractivity (Wildman–Crippen MR) is 80.1 cm³/mol. The molecule has 0 spiro atoms. The Labute approximate surface area is 123 Å². The lowest BCUT2D eigenvalue weighted by Gasteiger charge is -2.21. The van der Waals surface area contributed by atoms with Crippen LogP contribution in [0.5, 0.6) is 0 Å². The molecule has 0 bridgehead atoms. The lowest BCUT2D eigenvalue weighted by molar-refractivity contribution is 0.101. The minimum absolute atomic E-state index is 0.0245. The highest BCUT2D eigenvalue weighted by molar-refractivity contribution is 5.97. The van der Waals surface area contributed by atoms with Gasteiger partial charge in [-0.1, -0.05) is 6.42 Å². The highest BCUT2D eigenvalue weighted by Gasteiger charge is 2.25. The highest BCUT2D eigenvalue weighted by Crippen LogP contribution is 2.34. The standard InChI is InChI=1S/C15H19N5O/c1-10(21)12-9-16-15-17-14(11-5-4-6-11)18-20(15)13(12)7-8-19(2)3/h7-9,11H,4-6H2,1-3H3. The van der Waals surface area contributed by atoms with Gasteiger partial charge in [0.2, 0.25) is 0 Å². The van der Waals surface area contributed by atoms with E-state index < -0.39 is 0 Å². The van der Waals surface area contributed by atoms with Crippen molar-refractivity contribution in [2.45, 2.75) is 32.1 Å². The molecule has 0 aromatic carbocycles. The normalized spacial score (nSPS) is 15.6. The number of rotatable bonds is 4. The highest BCUT2D eigenvalue weighted by atomic mass is 16.1. The monoisotopic (exact) mass is 285 g/mol. The first-order valence-electron chi connectivity index (χ1n) is 7.17. The Balaban J connectivity index is 2.14. The molecule has 0 unspecified atom stereocenters. The molecule has 0 amide bonds. The smallest absolute Gasteiger partial charge is 0.252 e. The van der Waals surface area contributed by atoms with Crippen LogP contribution < -0.4 is 0 Å². The van der Waals surface area contributed by atoms with Crippen molar-refractivity contribution in [3.8, 4) is 0 Å². The fraction of sp³-hybridized carbons (Fsp3) is 0.467. The largest absolute Gasteiger partial charge is 0.383 e. The molecule has 2 heterocycles. The van der Waals surface area contributed by atoms with E-state index in [9.17, 15) is 4.79 Å². The Hall–Kier alpha value is -2.24. The van der Waals surface area contributed by atoms with Crippen molar-refractivity contribution in [2.24, 2.45) is 0 Å². The van der Waals surface area contributed by atoms with Gasteiger partial charge in [-0.25, -0.2) is 4.98 Å². The van der Waals surface area contributed by atoms with Crippen LogP contribution in [-0.4, -0.2) is 44.4 Å². The molecule has 0 radical (unpaired) electrons. The minimum Gasteiger partial charge on any atom is -0.383 e. The van der Waals surface area contributed by atoms with Crippen molar-refractivity contribution >= 4 is 17.6 Å². The van der Waals surface area contributed by atoms with Crippen molar-refractivity contribution in [2.75, 3.05) is 14.1 Å². The Morgan fingerprint density at radius 2 is 2.19 bits per heavy atom. The Morgan fingerprint density at radius 3 is 2.76 bits per heavy atom. The number of fused-ring (bicyclic) bond motifs is 1. The van der Waals surface area contributed by atoms with Gasteiger partial charge in [0.05, 0.1) is 11.3 Å². The Morgan fingerprint density at radius 1 is 1.43 bits per heavy atom. The first-order valence-corrected chi connectivity index (χ1v) is 7.17. The van der Waals surface area contributed by atoms with Gasteiger partial charge in [0.1, 0.15) is 0 Å². The Bertz CT molecular complexity index is 712. The molecule has 2 aromatic rings. The van der Waals surface area contributed by atoms with Gasteiger partial charge in [-0.3, -0.25) is 4.79 Å². The second-order valence-electron chi connectivity index (χ2n) is 5.70. The van der Waals surface area contributed by atoms with Gasteiger partial charge >= 0.3 is 0 Å². The lowest BCUT2D eigenvalue weighted by atomic mass is 9.85. The van der Waals surface area contributed by atoms with Gasteiger partial charge in [-0.2, -0.15) is 9.50 Å². The van der Waals surface area contributed by atoms with Crippen molar-refractivity contribution in [1.29, 1.82) is 0 Å². The zero-order valence-electron chi connectivity index (χ0n) is 12.6. The molecule has 6 heteroatoms. The first-order chi connectivity index (χ1) is 10.1. The van der Waals surface area contributed by atoms with Crippen LogP contribution in [-0.2, 0) is 0 Å². The van der Waals surface area contributed by atoms with E-state index in [4.69, 9.17) is 0 Å². The van der Waals surface area contributed by atoms with E-state index in [-0.39, 0.29) is 5.78 Å².